The van der Waals surface area contributed by atoms with Gasteiger partial charge in [-0.15, -0.1) is 11.8 Å². The van der Waals surface area contributed by atoms with Gasteiger partial charge in [-0.2, -0.15) is 0 Å². The molecule has 1 fully saturated rings. The number of carbonyl (C=O) groups is 3. The number of hydrogen-bond donors (Lipinski definition) is 3. The Balaban J connectivity index is 1.90. The van der Waals surface area contributed by atoms with Crippen molar-refractivity contribution in [3.8, 4) is 0 Å². The maximum absolute atomic E-state index is 13.7. The molecule has 0 saturated carbocycles. The number of hydrogen-bond acceptors (Lipinski definition) is 4. The monoisotopic (exact) mass is 382 g/mol. The Morgan fingerprint density at radius 3 is 2.77 bits per heavy atom. The Morgan fingerprint density at radius 2 is 2.15 bits per heavy atom. The van der Waals surface area contributed by atoms with Gasteiger partial charge in [0.2, 0.25) is 11.8 Å². The van der Waals surface area contributed by atoms with Crippen LogP contribution >= 0.6 is 11.8 Å². The second kappa shape index (κ2) is 9.56. The number of rotatable bonds is 8. The highest BCUT2D eigenvalue weighted by Crippen LogP contribution is 2.23. The zero-order chi connectivity index (χ0) is 19.1. The van der Waals surface area contributed by atoms with E-state index >= 15 is 0 Å². The van der Waals surface area contributed by atoms with E-state index in [-0.39, 0.29) is 18.1 Å². The minimum absolute atomic E-state index is 0.242. The first-order valence-electron chi connectivity index (χ1n) is 8.61. The van der Waals surface area contributed by atoms with E-state index in [2.05, 4.69) is 10.6 Å². The molecule has 26 heavy (non-hydrogen) atoms. The summed E-state index contributed by atoms with van der Waals surface area (Å²) in [6.45, 7) is 1.94. The van der Waals surface area contributed by atoms with Gasteiger partial charge < -0.3 is 15.7 Å². The Kier molecular flexibility index (Phi) is 7.44. The highest BCUT2D eigenvalue weighted by atomic mass is 32.2. The fourth-order valence-corrected chi connectivity index (χ4v) is 3.87. The van der Waals surface area contributed by atoms with Crippen molar-refractivity contribution in [2.75, 3.05) is 5.75 Å². The molecular formula is C18H23FN2O4S. The molecule has 1 saturated heterocycles. The van der Waals surface area contributed by atoms with Crippen LogP contribution in [0.5, 0.6) is 0 Å². The topological polar surface area (TPSA) is 95.5 Å². The largest absolute Gasteiger partial charge is 0.480 e. The number of aliphatic carboxylic acids is 1. The van der Waals surface area contributed by atoms with Crippen LogP contribution in [0.1, 0.15) is 31.7 Å². The number of carbonyl (C=O) groups excluding carboxylic acids is 2. The van der Waals surface area contributed by atoms with Gasteiger partial charge in [0.1, 0.15) is 17.9 Å². The molecule has 1 aliphatic heterocycles. The fourth-order valence-electron chi connectivity index (χ4n) is 2.69. The highest BCUT2D eigenvalue weighted by molar-refractivity contribution is 8.00. The van der Waals surface area contributed by atoms with Crippen molar-refractivity contribution >= 4 is 29.5 Å². The van der Waals surface area contributed by atoms with Crippen molar-refractivity contribution < 1.29 is 23.9 Å². The predicted octanol–water partition coefficient (Wildman–Crippen LogP) is 1.73. The van der Waals surface area contributed by atoms with Gasteiger partial charge in [0.25, 0.3) is 0 Å². The summed E-state index contributed by atoms with van der Waals surface area (Å²) in [5.41, 5.74) is 0.452. The standard InChI is InChI=1S/C18H23FN2O4S/c1-2-3-8-13(18(24)25)20-16(22)14-10-26-15(17(23)21-14)9-11-6-4-5-7-12(11)19/h4-7,13-15H,2-3,8-10H2,1H3,(H,20,22)(H,21,23)(H,24,25)/t13-,14?,15?/m0/s1. The third-order valence-corrected chi connectivity index (χ3v) is 5.52. The van der Waals surface area contributed by atoms with E-state index in [0.717, 1.165) is 6.42 Å². The molecule has 2 unspecified atom stereocenters. The van der Waals surface area contributed by atoms with Crippen LogP contribution < -0.4 is 10.6 Å². The molecule has 3 N–H and O–H groups in total. The Hall–Kier alpha value is -2.09. The van der Waals surface area contributed by atoms with Gasteiger partial charge in [0, 0.05) is 5.75 Å². The Morgan fingerprint density at radius 1 is 1.42 bits per heavy atom. The lowest BCUT2D eigenvalue weighted by Gasteiger charge is -2.29. The number of thioether (sulfide) groups is 1. The van der Waals surface area contributed by atoms with Crippen LogP contribution in [0.3, 0.4) is 0 Å². The predicted molar refractivity (Wildman–Crippen MR) is 97.4 cm³/mol. The summed E-state index contributed by atoms with van der Waals surface area (Å²) in [6.07, 6.45) is 2.11. The molecule has 0 aliphatic carbocycles. The quantitative estimate of drug-likeness (QED) is 0.636. The molecule has 1 aromatic rings. The first-order chi connectivity index (χ1) is 12.4. The molecule has 0 aromatic heterocycles. The lowest BCUT2D eigenvalue weighted by molar-refractivity contribution is -0.142. The summed E-state index contributed by atoms with van der Waals surface area (Å²) in [5.74, 6) is -1.97. The van der Waals surface area contributed by atoms with Crippen LogP contribution in [-0.4, -0.2) is 46.0 Å². The normalized spacial score (nSPS) is 20.9. The molecule has 1 heterocycles. The van der Waals surface area contributed by atoms with Crippen molar-refractivity contribution in [3.05, 3.63) is 35.6 Å². The second-order valence-corrected chi connectivity index (χ2v) is 7.46. The smallest absolute Gasteiger partial charge is 0.326 e. The van der Waals surface area contributed by atoms with Crippen LogP contribution in [0.2, 0.25) is 0 Å². The average molecular weight is 382 g/mol. The molecule has 6 nitrogen and oxygen atoms in total. The number of nitrogens with one attached hydrogen (secondary N) is 2. The molecule has 0 bridgehead atoms. The molecular weight excluding hydrogens is 359 g/mol. The highest BCUT2D eigenvalue weighted by Gasteiger charge is 2.34. The summed E-state index contributed by atoms with van der Waals surface area (Å²) >= 11 is 1.28. The Bertz CT molecular complexity index is 670. The van der Waals surface area contributed by atoms with E-state index in [1.807, 2.05) is 6.92 Å². The van der Waals surface area contributed by atoms with Crippen molar-refractivity contribution in [2.45, 2.75) is 49.9 Å². The number of unbranched alkanes of at least 4 members (excludes halogenated alkanes) is 1. The molecule has 142 valence electrons. The zero-order valence-electron chi connectivity index (χ0n) is 14.5. The van der Waals surface area contributed by atoms with Crippen molar-refractivity contribution in [1.82, 2.24) is 10.6 Å². The van der Waals surface area contributed by atoms with Crippen LogP contribution in [0.25, 0.3) is 0 Å². The van der Waals surface area contributed by atoms with Gasteiger partial charge in [-0.05, 0) is 24.5 Å². The van der Waals surface area contributed by atoms with Crippen LogP contribution in [0.15, 0.2) is 24.3 Å². The van der Waals surface area contributed by atoms with Gasteiger partial charge in [0.05, 0.1) is 5.25 Å². The van der Waals surface area contributed by atoms with Gasteiger partial charge in [-0.25, -0.2) is 9.18 Å². The second-order valence-electron chi connectivity index (χ2n) is 6.22. The molecule has 0 spiro atoms. The van der Waals surface area contributed by atoms with Gasteiger partial charge in [0.15, 0.2) is 0 Å². The molecule has 0 radical (unpaired) electrons. The van der Waals surface area contributed by atoms with E-state index in [4.69, 9.17) is 0 Å². The maximum atomic E-state index is 13.7. The molecule has 3 atom stereocenters. The molecule has 8 heteroatoms. The minimum atomic E-state index is -1.08. The number of carboxylic acids is 1. The molecule has 1 aliphatic rings. The van der Waals surface area contributed by atoms with Gasteiger partial charge in [-0.3, -0.25) is 9.59 Å². The van der Waals surface area contributed by atoms with Gasteiger partial charge >= 0.3 is 5.97 Å². The SMILES string of the molecule is CCCC[C@H](NC(=O)C1CSC(Cc2ccccc2F)C(=O)N1)C(=O)O. The van der Waals surface area contributed by atoms with Crippen molar-refractivity contribution in [2.24, 2.45) is 0 Å². The first-order valence-corrected chi connectivity index (χ1v) is 9.65. The Labute approximate surface area is 155 Å². The lowest BCUT2D eigenvalue weighted by Crippen LogP contribution is -2.57. The zero-order valence-corrected chi connectivity index (χ0v) is 15.4. The number of carboxylic acid groups (broad SMARTS) is 1. The number of halogens is 1. The van der Waals surface area contributed by atoms with Crippen molar-refractivity contribution in [3.63, 3.8) is 0 Å². The number of amides is 2. The van der Waals surface area contributed by atoms with Crippen LogP contribution in [-0.2, 0) is 20.8 Å². The lowest BCUT2D eigenvalue weighted by atomic mass is 10.1. The van der Waals surface area contributed by atoms with E-state index in [0.29, 0.717) is 24.2 Å². The molecule has 2 rings (SSSR count). The molecule has 1 aromatic carbocycles. The third-order valence-electron chi connectivity index (χ3n) is 4.21. The summed E-state index contributed by atoms with van der Waals surface area (Å²) in [5, 5.41) is 13.8. The van der Waals surface area contributed by atoms with E-state index in [1.54, 1.807) is 18.2 Å². The maximum Gasteiger partial charge on any atom is 0.326 e. The van der Waals surface area contributed by atoms with E-state index in [9.17, 15) is 23.9 Å². The summed E-state index contributed by atoms with van der Waals surface area (Å²) in [6, 6.07) is 4.54. The van der Waals surface area contributed by atoms with E-state index < -0.39 is 29.2 Å². The van der Waals surface area contributed by atoms with Crippen LogP contribution in [0, 0.1) is 5.82 Å². The summed E-state index contributed by atoms with van der Waals surface area (Å²) < 4.78 is 13.7. The third kappa shape index (κ3) is 5.45. The van der Waals surface area contributed by atoms with Crippen LogP contribution in [0.4, 0.5) is 4.39 Å². The van der Waals surface area contributed by atoms with E-state index in [1.165, 1.54) is 17.8 Å². The van der Waals surface area contributed by atoms with Gasteiger partial charge in [-0.1, -0.05) is 38.0 Å². The first kappa shape index (κ1) is 20.2. The summed E-state index contributed by atoms with van der Waals surface area (Å²) in [4.78, 5) is 35.8. The fraction of sp³-hybridized carbons (Fsp3) is 0.500. The number of benzene rings is 1. The summed E-state index contributed by atoms with van der Waals surface area (Å²) in [7, 11) is 0. The average Bonchev–Trinajstić information content (AvgIpc) is 2.61. The minimum Gasteiger partial charge on any atom is -0.480 e. The molecule has 2 amide bonds. The van der Waals surface area contributed by atoms with Crippen molar-refractivity contribution in [1.29, 1.82) is 0 Å².